The molecule has 6 heteroatoms. The largest absolute Gasteiger partial charge is 0.273 e. The summed E-state index contributed by atoms with van der Waals surface area (Å²) in [6, 6.07) is 6.17. The Labute approximate surface area is 98.1 Å². The summed E-state index contributed by atoms with van der Waals surface area (Å²) in [5.41, 5.74) is 0.779. The van der Waals surface area contributed by atoms with Gasteiger partial charge in [-0.25, -0.2) is 0 Å². The maximum absolute atomic E-state index is 10.6. The summed E-state index contributed by atoms with van der Waals surface area (Å²) in [7, 11) is 0. The van der Waals surface area contributed by atoms with Crippen molar-refractivity contribution in [3.63, 3.8) is 0 Å². The molecule has 1 fully saturated rings. The van der Waals surface area contributed by atoms with Crippen molar-refractivity contribution >= 4 is 11.4 Å². The Kier molecular flexibility index (Phi) is 3.21. The number of anilines is 1. The van der Waals surface area contributed by atoms with Crippen LogP contribution in [-0.2, 0) is 4.84 Å². The van der Waals surface area contributed by atoms with E-state index in [0.717, 1.165) is 12.8 Å². The summed E-state index contributed by atoms with van der Waals surface area (Å²) in [5, 5.41) is 21.2. The van der Waals surface area contributed by atoms with Crippen molar-refractivity contribution in [2.24, 2.45) is 0 Å². The average Bonchev–Trinajstić information content (AvgIpc) is 2.39. The molecule has 0 atom stereocenters. The highest BCUT2D eigenvalue weighted by Crippen LogP contribution is 2.26. The molecular weight excluding hydrogens is 222 g/mol. The smallest absolute Gasteiger partial charge is 0.270 e. The molecule has 0 saturated carbocycles. The van der Waals surface area contributed by atoms with Crippen molar-refractivity contribution in [1.29, 1.82) is 5.26 Å². The van der Waals surface area contributed by atoms with Crippen LogP contribution in [0.2, 0.25) is 0 Å². The van der Waals surface area contributed by atoms with Crippen molar-refractivity contribution in [1.82, 2.24) is 0 Å². The molecule has 1 saturated heterocycles. The van der Waals surface area contributed by atoms with Crippen LogP contribution in [0.5, 0.6) is 0 Å². The fraction of sp³-hybridized carbons (Fsp3) is 0.364. The highest BCUT2D eigenvalue weighted by Gasteiger charge is 2.18. The number of benzene rings is 1. The Balaban J connectivity index is 2.34. The van der Waals surface area contributed by atoms with E-state index in [1.54, 1.807) is 11.1 Å². The molecule has 6 nitrogen and oxygen atoms in total. The van der Waals surface area contributed by atoms with Crippen molar-refractivity contribution in [3.8, 4) is 6.07 Å². The number of hydrogen-bond donors (Lipinski definition) is 0. The van der Waals surface area contributed by atoms with Crippen molar-refractivity contribution < 1.29 is 9.76 Å². The zero-order chi connectivity index (χ0) is 12.3. The lowest BCUT2D eigenvalue weighted by molar-refractivity contribution is -0.384. The van der Waals surface area contributed by atoms with E-state index in [2.05, 4.69) is 0 Å². The van der Waals surface area contributed by atoms with Gasteiger partial charge in [0.2, 0.25) is 0 Å². The molecule has 88 valence electrons. The number of hydrogen-bond acceptors (Lipinski definition) is 5. The van der Waals surface area contributed by atoms with E-state index in [0.29, 0.717) is 18.8 Å². The van der Waals surface area contributed by atoms with Gasteiger partial charge in [-0.05, 0) is 18.9 Å². The lowest BCUT2D eigenvalue weighted by Gasteiger charge is -2.28. The van der Waals surface area contributed by atoms with Crippen LogP contribution >= 0.6 is 0 Å². The Morgan fingerprint density at radius 2 is 2.29 bits per heavy atom. The zero-order valence-corrected chi connectivity index (χ0v) is 9.13. The molecule has 1 heterocycles. The van der Waals surface area contributed by atoms with Crippen LogP contribution in [0.15, 0.2) is 18.2 Å². The van der Waals surface area contributed by atoms with Crippen LogP contribution < -0.4 is 5.06 Å². The molecule has 0 amide bonds. The van der Waals surface area contributed by atoms with Crippen molar-refractivity contribution in [2.45, 2.75) is 12.8 Å². The Morgan fingerprint density at radius 3 is 2.88 bits per heavy atom. The van der Waals surface area contributed by atoms with E-state index < -0.39 is 4.92 Å². The van der Waals surface area contributed by atoms with Crippen LogP contribution in [0.25, 0.3) is 0 Å². The number of nitro groups is 1. The molecular formula is C11H11N3O3. The first-order chi connectivity index (χ1) is 8.22. The number of rotatable bonds is 2. The quantitative estimate of drug-likeness (QED) is 0.576. The molecule has 17 heavy (non-hydrogen) atoms. The minimum absolute atomic E-state index is 0.0812. The number of nitrogens with zero attached hydrogens (tertiary/aromatic N) is 3. The van der Waals surface area contributed by atoms with Crippen LogP contribution in [0.1, 0.15) is 18.4 Å². The Morgan fingerprint density at radius 1 is 1.47 bits per heavy atom. The van der Waals surface area contributed by atoms with Gasteiger partial charge < -0.3 is 0 Å². The molecule has 0 aliphatic carbocycles. The summed E-state index contributed by atoms with van der Waals surface area (Å²) in [5.74, 6) is 0. The molecule has 0 radical (unpaired) electrons. The number of hydroxylamine groups is 1. The second-order valence-electron chi connectivity index (χ2n) is 3.71. The van der Waals surface area contributed by atoms with Gasteiger partial charge in [0, 0.05) is 18.7 Å². The predicted molar refractivity (Wildman–Crippen MR) is 60.3 cm³/mol. The van der Waals surface area contributed by atoms with E-state index in [-0.39, 0.29) is 11.3 Å². The van der Waals surface area contributed by atoms with Gasteiger partial charge in [0.05, 0.1) is 22.8 Å². The van der Waals surface area contributed by atoms with Gasteiger partial charge in [-0.1, -0.05) is 0 Å². The fourth-order valence-electron chi connectivity index (χ4n) is 1.73. The molecule has 0 spiro atoms. The van der Waals surface area contributed by atoms with Crippen LogP contribution in [0.3, 0.4) is 0 Å². The predicted octanol–water partition coefficient (Wildman–Crippen LogP) is 2.00. The third-order valence-electron chi connectivity index (χ3n) is 2.58. The van der Waals surface area contributed by atoms with E-state index in [1.165, 1.54) is 12.1 Å². The molecule has 0 unspecified atom stereocenters. The first-order valence-corrected chi connectivity index (χ1v) is 5.31. The Bertz CT molecular complexity index is 475. The highest BCUT2D eigenvalue weighted by atomic mass is 16.7. The summed E-state index contributed by atoms with van der Waals surface area (Å²) in [4.78, 5) is 15.5. The van der Waals surface area contributed by atoms with Gasteiger partial charge >= 0.3 is 0 Å². The van der Waals surface area contributed by atoms with E-state index in [1.807, 2.05) is 6.07 Å². The summed E-state index contributed by atoms with van der Waals surface area (Å²) < 4.78 is 0. The van der Waals surface area contributed by atoms with Crippen molar-refractivity contribution in [3.05, 3.63) is 33.9 Å². The topological polar surface area (TPSA) is 79.4 Å². The summed E-state index contributed by atoms with van der Waals surface area (Å²) >= 11 is 0. The zero-order valence-electron chi connectivity index (χ0n) is 9.13. The van der Waals surface area contributed by atoms with Crippen LogP contribution in [-0.4, -0.2) is 18.1 Å². The molecule has 2 rings (SSSR count). The minimum Gasteiger partial charge on any atom is -0.273 e. The summed E-state index contributed by atoms with van der Waals surface area (Å²) in [6.07, 6.45) is 1.98. The average molecular weight is 233 g/mol. The summed E-state index contributed by atoms with van der Waals surface area (Å²) in [6.45, 7) is 1.31. The lowest BCUT2D eigenvalue weighted by Crippen LogP contribution is -2.30. The Hall–Kier alpha value is -2.13. The van der Waals surface area contributed by atoms with Gasteiger partial charge in [0.15, 0.2) is 0 Å². The molecule has 0 aromatic heterocycles. The third kappa shape index (κ3) is 2.34. The number of nitriles is 1. The maximum Gasteiger partial charge on any atom is 0.270 e. The number of non-ortho nitro benzene ring substituents is 1. The van der Waals surface area contributed by atoms with Gasteiger partial charge in [-0.3, -0.25) is 20.0 Å². The standard InChI is InChI=1S/C11H11N3O3/c12-8-9-7-10(14(15)16)3-4-11(9)13-5-1-2-6-17-13/h3-4,7H,1-2,5-6H2. The highest BCUT2D eigenvalue weighted by molar-refractivity contribution is 5.61. The normalized spacial score (nSPS) is 15.4. The van der Waals surface area contributed by atoms with Crippen LogP contribution in [0, 0.1) is 21.4 Å². The molecule has 1 aliphatic heterocycles. The van der Waals surface area contributed by atoms with Crippen molar-refractivity contribution in [2.75, 3.05) is 18.2 Å². The minimum atomic E-state index is -0.512. The first-order valence-electron chi connectivity index (χ1n) is 5.31. The second-order valence-corrected chi connectivity index (χ2v) is 3.71. The molecule has 0 bridgehead atoms. The van der Waals surface area contributed by atoms with E-state index in [4.69, 9.17) is 10.1 Å². The van der Waals surface area contributed by atoms with E-state index >= 15 is 0 Å². The van der Waals surface area contributed by atoms with Crippen LogP contribution in [0.4, 0.5) is 11.4 Å². The second kappa shape index (κ2) is 4.80. The monoisotopic (exact) mass is 233 g/mol. The first kappa shape index (κ1) is 11.4. The molecule has 1 aromatic carbocycles. The maximum atomic E-state index is 10.6. The SMILES string of the molecule is N#Cc1cc([N+](=O)[O-])ccc1N1CCCCO1. The lowest BCUT2D eigenvalue weighted by atomic mass is 10.1. The molecule has 1 aliphatic rings. The van der Waals surface area contributed by atoms with Gasteiger partial charge in [-0.15, -0.1) is 0 Å². The van der Waals surface area contributed by atoms with Gasteiger partial charge in [-0.2, -0.15) is 5.26 Å². The molecule has 0 N–H and O–H groups in total. The third-order valence-corrected chi connectivity index (χ3v) is 2.58. The number of nitro benzene ring substituents is 1. The fourth-order valence-corrected chi connectivity index (χ4v) is 1.73. The molecule has 1 aromatic rings. The van der Waals surface area contributed by atoms with Gasteiger partial charge in [0.25, 0.3) is 5.69 Å². The van der Waals surface area contributed by atoms with Gasteiger partial charge in [0.1, 0.15) is 6.07 Å². The van der Waals surface area contributed by atoms with E-state index in [9.17, 15) is 10.1 Å².